The summed E-state index contributed by atoms with van der Waals surface area (Å²) >= 11 is 6.30. The summed E-state index contributed by atoms with van der Waals surface area (Å²) in [5, 5.41) is 13.9. The summed E-state index contributed by atoms with van der Waals surface area (Å²) in [5.74, 6) is 0. The van der Waals surface area contributed by atoms with Crippen LogP contribution in [0.5, 0.6) is 0 Å². The summed E-state index contributed by atoms with van der Waals surface area (Å²) in [6, 6.07) is 18.7. The second-order valence-corrected chi connectivity index (χ2v) is 7.25. The lowest BCUT2D eigenvalue weighted by Gasteiger charge is -2.10. The van der Waals surface area contributed by atoms with E-state index in [1.165, 1.54) is 25.7 Å². The Bertz CT molecular complexity index is 853. The van der Waals surface area contributed by atoms with E-state index in [0.717, 1.165) is 34.1 Å². The number of benzene rings is 2. The minimum atomic E-state index is 0.572. The first-order chi connectivity index (χ1) is 12.8. The van der Waals surface area contributed by atoms with Gasteiger partial charge >= 0.3 is 0 Å². The summed E-state index contributed by atoms with van der Waals surface area (Å²) in [6.45, 7) is 1.32. The second-order valence-electron chi connectivity index (χ2n) is 6.85. The fourth-order valence-electron chi connectivity index (χ4n) is 3.54. The monoisotopic (exact) mass is 366 g/mol. The predicted octanol–water partition coefficient (Wildman–Crippen LogP) is 4.68. The van der Waals surface area contributed by atoms with E-state index >= 15 is 0 Å². The van der Waals surface area contributed by atoms with Crippen LogP contribution in [0.4, 0.5) is 0 Å². The van der Waals surface area contributed by atoms with Crippen LogP contribution in [0.15, 0.2) is 54.6 Å². The minimum absolute atomic E-state index is 0.572. The van der Waals surface area contributed by atoms with Crippen molar-refractivity contribution in [1.82, 2.24) is 20.3 Å². The third-order valence-electron chi connectivity index (χ3n) is 4.96. The molecule has 1 N–H and O–H groups in total. The summed E-state index contributed by atoms with van der Waals surface area (Å²) < 4.78 is 0. The van der Waals surface area contributed by atoms with Gasteiger partial charge in [-0.3, -0.25) is 0 Å². The largest absolute Gasteiger partial charge is 0.308 e. The average Bonchev–Trinajstić information content (AvgIpc) is 3.32. The lowest BCUT2D eigenvalue weighted by atomic mass is 10.1. The second kappa shape index (κ2) is 8.02. The lowest BCUT2D eigenvalue weighted by Crippen LogP contribution is -2.25. The lowest BCUT2D eigenvalue weighted by molar-refractivity contribution is 0.511. The molecule has 0 saturated heterocycles. The smallest absolute Gasteiger partial charge is 0.117 e. The zero-order valence-electron chi connectivity index (χ0n) is 14.7. The minimum Gasteiger partial charge on any atom is -0.308 e. The Morgan fingerprint density at radius 1 is 0.962 bits per heavy atom. The molecule has 0 atom stereocenters. The van der Waals surface area contributed by atoms with E-state index in [1.807, 2.05) is 42.5 Å². The van der Waals surface area contributed by atoms with Crippen LogP contribution in [0.1, 0.15) is 36.9 Å². The molecule has 4 nitrogen and oxygen atoms in total. The molecular formula is C21H23ClN4. The van der Waals surface area contributed by atoms with Crippen LogP contribution in [0.3, 0.4) is 0 Å². The van der Waals surface area contributed by atoms with Crippen LogP contribution in [0.2, 0.25) is 5.02 Å². The van der Waals surface area contributed by atoms with Gasteiger partial charge in [-0.1, -0.05) is 73.0 Å². The molecule has 3 aromatic rings. The highest BCUT2D eigenvalue weighted by Gasteiger charge is 2.18. The first-order valence-electron chi connectivity index (χ1n) is 9.26. The van der Waals surface area contributed by atoms with Crippen molar-refractivity contribution < 1.29 is 0 Å². The van der Waals surface area contributed by atoms with Crippen molar-refractivity contribution in [2.24, 2.45) is 0 Å². The molecule has 1 aliphatic carbocycles. The fourth-order valence-corrected chi connectivity index (χ4v) is 3.74. The van der Waals surface area contributed by atoms with Gasteiger partial charge in [-0.15, -0.1) is 0 Å². The molecule has 0 unspecified atom stereocenters. The van der Waals surface area contributed by atoms with Crippen LogP contribution in [0.25, 0.3) is 11.3 Å². The predicted molar refractivity (Wildman–Crippen MR) is 105 cm³/mol. The highest BCUT2D eigenvalue weighted by Crippen LogP contribution is 2.23. The fraction of sp³-hybridized carbons (Fsp3) is 0.333. The van der Waals surface area contributed by atoms with Gasteiger partial charge in [0.05, 0.1) is 6.54 Å². The standard InChI is InChI=1S/C21H23ClN4/c22-19-13-7-4-10-17(19)15-26-24-20(14-23-18-11-5-6-12-18)21(25-26)16-8-2-1-3-9-16/h1-4,7-10,13,18,23H,5-6,11-12,14-15H2. The van der Waals surface area contributed by atoms with Crippen LogP contribution in [0, 0.1) is 0 Å². The van der Waals surface area contributed by atoms with Gasteiger partial charge in [-0.25, -0.2) is 0 Å². The van der Waals surface area contributed by atoms with E-state index in [0.29, 0.717) is 12.6 Å². The van der Waals surface area contributed by atoms with E-state index in [2.05, 4.69) is 17.4 Å². The summed E-state index contributed by atoms with van der Waals surface area (Å²) in [5.41, 5.74) is 4.07. The molecule has 2 aromatic carbocycles. The molecule has 1 heterocycles. The maximum atomic E-state index is 6.30. The van der Waals surface area contributed by atoms with Crippen LogP contribution < -0.4 is 5.32 Å². The van der Waals surface area contributed by atoms with E-state index in [9.17, 15) is 0 Å². The zero-order chi connectivity index (χ0) is 17.8. The van der Waals surface area contributed by atoms with E-state index in [1.54, 1.807) is 4.80 Å². The van der Waals surface area contributed by atoms with Gasteiger partial charge in [0.15, 0.2) is 0 Å². The normalized spacial score (nSPS) is 14.8. The third-order valence-corrected chi connectivity index (χ3v) is 5.32. The van der Waals surface area contributed by atoms with Crippen LogP contribution >= 0.6 is 11.6 Å². The molecule has 1 fully saturated rings. The van der Waals surface area contributed by atoms with Crippen molar-refractivity contribution in [2.75, 3.05) is 0 Å². The molecular weight excluding hydrogens is 344 g/mol. The highest BCUT2D eigenvalue weighted by atomic mass is 35.5. The highest BCUT2D eigenvalue weighted by molar-refractivity contribution is 6.31. The van der Waals surface area contributed by atoms with Gasteiger partial charge in [0.2, 0.25) is 0 Å². The van der Waals surface area contributed by atoms with E-state index in [4.69, 9.17) is 21.8 Å². The van der Waals surface area contributed by atoms with Crippen LogP contribution in [-0.2, 0) is 13.1 Å². The van der Waals surface area contributed by atoms with Crippen molar-refractivity contribution >= 4 is 11.6 Å². The molecule has 4 rings (SSSR count). The quantitative estimate of drug-likeness (QED) is 0.688. The Hall–Kier alpha value is -2.17. The Morgan fingerprint density at radius 3 is 2.46 bits per heavy atom. The first-order valence-corrected chi connectivity index (χ1v) is 9.63. The van der Waals surface area contributed by atoms with Gasteiger partial charge < -0.3 is 5.32 Å². The Balaban J connectivity index is 1.60. The Kier molecular flexibility index (Phi) is 5.32. The summed E-state index contributed by atoms with van der Waals surface area (Å²) in [4.78, 5) is 1.76. The molecule has 0 radical (unpaired) electrons. The van der Waals surface area contributed by atoms with E-state index in [-0.39, 0.29) is 0 Å². The molecule has 1 saturated carbocycles. The number of halogens is 1. The molecule has 0 bridgehead atoms. The molecule has 0 aliphatic heterocycles. The average molecular weight is 367 g/mol. The maximum absolute atomic E-state index is 6.30. The number of hydrogen-bond acceptors (Lipinski definition) is 3. The van der Waals surface area contributed by atoms with Crippen molar-refractivity contribution in [3.05, 3.63) is 70.9 Å². The van der Waals surface area contributed by atoms with Crippen molar-refractivity contribution in [2.45, 2.75) is 44.8 Å². The summed E-state index contributed by atoms with van der Waals surface area (Å²) in [6.07, 6.45) is 5.16. The molecule has 26 heavy (non-hydrogen) atoms. The number of nitrogens with zero attached hydrogens (tertiary/aromatic N) is 3. The van der Waals surface area contributed by atoms with E-state index < -0.39 is 0 Å². The van der Waals surface area contributed by atoms with Gasteiger partial charge in [0.25, 0.3) is 0 Å². The van der Waals surface area contributed by atoms with Gasteiger partial charge in [0, 0.05) is 23.2 Å². The molecule has 0 spiro atoms. The SMILES string of the molecule is Clc1ccccc1Cn1nc(CNC2CCCC2)c(-c2ccccc2)n1. The number of aromatic nitrogens is 3. The molecule has 5 heteroatoms. The van der Waals surface area contributed by atoms with Crippen molar-refractivity contribution in [3.8, 4) is 11.3 Å². The zero-order valence-corrected chi connectivity index (χ0v) is 15.5. The third kappa shape index (κ3) is 3.97. The van der Waals surface area contributed by atoms with Gasteiger partial charge in [-0.2, -0.15) is 15.0 Å². The Labute approximate surface area is 159 Å². The number of nitrogens with one attached hydrogen (secondary N) is 1. The Morgan fingerprint density at radius 2 is 1.69 bits per heavy atom. The molecule has 1 aliphatic rings. The molecule has 0 amide bonds. The van der Waals surface area contributed by atoms with Crippen molar-refractivity contribution in [1.29, 1.82) is 0 Å². The summed E-state index contributed by atoms with van der Waals surface area (Å²) in [7, 11) is 0. The number of hydrogen-bond donors (Lipinski definition) is 1. The van der Waals surface area contributed by atoms with Crippen molar-refractivity contribution in [3.63, 3.8) is 0 Å². The van der Waals surface area contributed by atoms with Gasteiger partial charge in [-0.05, 0) is 24.5 Å². The van der Waals surface area contributed by atoms with Gasteiger partial charge in [0.1, 0.15) is 11.4 Å². The topological polar surface area (TPSA) is 42.7 Å². The first kappa shape index (κ1) is 17.3. The molecule has 134 valence electrons. The number of rotatable bonds is 6. The maximum Gasteiger partial charge on any atom is 0.117 e. The van der Waals surface area contributed by atoms with Crippen LogP contribution in [-0.4, -0.2) is 21.0 Å². The molecule has 1 aromatic heterocycles.